The number of benzene rings is 3. The molecule has 0 saturated heterocycles. The average Bonchev–Trinajstić information content (AvgIpc) is 2.92. The largest absolute Gasteiger partial charge is 0.354 e. The van der Waals surface area contributed by atoms with Crippen LogP contribution in [0.4, 0.5) is 5.69 Å². The number of hydrogen-bond acceptors (Lipinski definition) is 4. The van der Waals surface area contributed by atoms with Gasteiger partial charge in [-0.2, -0.15) is 0 Å². The second-order valence-corrected chi connectivity index (χ2v) is 12.5. The van der Waals surface area contributed by atoms with E-state index in [9.17, 15) is 18.0 Å². The van der Waals surface area contributed by atoms with Crippen molar-refractivity contribution in [3.8, 4) is 0 Å². The minimum absolute atomic E-state index is 0.00335. The first-order valence-corrected chi connectivity index (χ1v) is 15.3. The average molecular weight is 625 g/mol. The van der Waals surface area contributed by atoms with Crippen LogP contribution in [-0.2, 0) is 26.2 Å². The molecule has 0 aromatic heterocycles. The molecular formula is C29H32Cl3N3O4S. The van der Waals surface area contributed by atoms with E-state index in [2.05, 4.69) is 5.32 Å². The summed E-state index contributed by atoms with van der Waals surface area (Å²) in [5, 5.41) is 3.81. The molecule has 0 saturated carbocycles. The third-order valence-corrected chi connectivity index (χ3v) is 9.37. The van der Waals surface area contributed by atoms with E-state index in [4.69, 9.17) is 34.8 Å². The van der Waals surface area contributed by atoms with Crippen molar-refractivity contribution in [2.75, 3.05) is 17.4 Å². The lowest BCUT2D eigenvalue weighted by Gasteiger charge is -2.32. The number of nitrogens with zero attached hydrogens (tertiary/aromatic N) is 2. The molecule has 0 radical (unpaired) electrons. The summed E-state index contributed by atoms with van der Waals surface area (Å²) in [6.45, 7) is 6.94. The zero-order chi connectivity index (χ0) is 29.6. The highest BCUT2D eigenvalue weighted by Gasteiger charge is 2.33. The van der Waals surface area contributed by atoms with Crippen molar-refractivity contribution in [3.05, 3.63) is 92.4 Å². The molecule has 2 amide bonds. The molecule has 0 aliphatic rings. The van der Waals surface area contributed by atoms with E-state index in [-0.39, 0.29) is 23.0 Å². The Kier molecular flexibility index (Phi) is 10.9. The highest BCUT2D eigenvalue weighted by atomic mass is 35.5. The lowest BCUT2D eigenvalue weighted by Crippen LogP contribution is -2.51. The Morgan fingerprint density at radius 3 is 2.23 bits per heavy atom. The van der Waals surface area contributed by atoms with Gasteiger partial charge in [-0.05, 0) is 74.7 Å². The van der Waals surface area contributed by atoms with Crippen molar-refractivity contribution in [2.45, 2.75) is 51.6 Å². The van der Waals surface area contributed by atoms with E-state index >= 15 is 0 Å². The zero-order valence-corrected chi connectivity index (χ0v) is 25.8. The third-order valence-electron chi connectivity index (χ3n) is 6.45. The number of halogens is 3. The molecule has 0 aliphatic carbocycles. The molecule has 1 atom stereocenters. The fourth-order valence-electron chi connectivity index (χ4n) is 4.03. The summed E-state index contributed by atoms with van der Waals surface area (Å²) in [5.41, 5.74) is 2.28. The van der Waals surface area contributed by atoms with Crippen molar-refractivity contribution < 1.29 is 18.0 Å². The normalized spacial score (nSPS) is 12.1. The molecule has 3 aromatic rings. The van der Waals surface area contributed by atoms with E-state index in [1.807, 2.05) is 13.8 Å². The van der Waals surface area contributed by atoms with Crippen LogP contribution in [0, 0.1) is 13.8 Å². The van der Waals surface area contributed by atoms with Crippen molar-refractivity contribution >= 4 is 62.3 Å². The minimum Gasteiger partial charge on any atom is -0.354 e. The Hall–Kier alpha value is -2.78. The van der Waals surface area contributed by atoms with Crippen LogP contribution in [0.25, 0.3) is 0 Å². The smallest absolute Gasteiger partial charge is 0.264 e. The SMILES string of the molecule is CCCNC(=O)C(C)N(Cc1ccc(Cl)c(Cl)c1)C(=O)CN(c1cccc(Cl)c1C)S(=O)(=O)c1ccc(C)cc1. The Labute approximate surface area is 251 Å². The highest BCUT2D eigenvalue weighted by Crippen LogP contribution is 2.31. The first-order valence-electron chi connectivity index (χ1n) is 12.7. The van der Waals surface area contributed by atoms with Gasteiger partial charge in [-0.15, -0.1) is 0 Å². The summed E-state index contributed by atoms with van der Waals surface area (Å²) in [7, 11) is -4.20. The van der Waals surface area contributed by atoms with E-state index < -0.39 is 28.5 Å². The quantitative estimate of drug-likeness (QED) is 0.267. The first-order chi connectivity index (χ1) is 18.9. The van der Waals surface area contributed by atoms with Gasteiger partial charge in [-0.1, -0.05) is 71.6 Å². The molecule has 1 N–H and O–H groups in total. The zero-order valence-electron chi connectivity index (χ0n) is 22.7. The lowest BCUT2D eigenvalue weighted by molar-refractivity contribution is -0.139. The highest BCUT2D eigenvalue weighted by molar-refractivity contribution is 7.92. The van der Waals surface area contributed by atoms with Crippen molar-refractivity contribution in [1.82, 2.24) is 10.2 Å². The molecule has 1 unspecified atom stereocenters. The van der Waals surface area contributed by atoms with Crippen LogP contribution in [0.2, 0.25) is 15.1 Å². The molecule has 0 aliphatic heterocycles. The molecule has 3 aromatic carbocycles. The van der Waals surface area contributed by atoms with Crippen molar-refractivity contribution in [1.29, 1.82) is 0 Å². The summed E-state index contributed by atoms with van der Waals surface area (Å²) in [4.78, 5) is 28.3. The summed E-state index contributed by atoms with van der Waals surface area (Å²) >= 11 is 18.6. The molecule has 0 heterocycles. The standard InChI is InChI=1S/C29H32Cl3N3O4S/c1-5-15-33-29(37)21(4)34(17-22-11-14-25(31)26(32)16-22)28(36)18-35(27-8-6-7-24(30)20(27)3)40(38,39)23-12-9-19(2)10-13-23/h6-14,16,21H,5,15,17-18H2,1-4H3,(H,33,37). The molecule has 0 spiro atoms. The topological polar surface area (TPSA) is 86.8 Å². The number of hydrogen-bond donors (Lipinski definition) is 1. The second kappa shape index (κ2) is 13.7. The molecule has 11 heteroatoms. The summed E-state index contributed by atoms with van der Waals surface area (Å²) < 4.78 is 28.9. The number of carbonyl (C=O) groups excluding carboxylic acids is 2. The Bertz CT molecular complexity index is 1480. The maximum Gasteiger partial charge on any atom is 0.264 e. The maximum atomic E-state index is 14.0. The lowest BCUT2D eigenvalue weighted by atomic mass is 10.1. The van der Waals surface area contributed by atoms with Gasteiger partial charge in [0.1, 0.15) is 12.6 Å². The number of amides is 2. The van der Waals surface area contributed by atoms with Crippen LogP contribution in [0.15, 0.2) is 65.6 Å². The van der Waals surface area contributed by atoms with Crippen LogP contribution in [0.1, 0.15) is 37.0 Å². The molecule has 7 nitrogen and oxygen atoms in total. The predicted octanol–water partition coefficient (Wildman–Crippen LogP) is 6.40. The maximum absolute atomic E-state index is 14.0. The monoisotopic (exact) mass is 623 g/mol. The molecule has 214 valence electrons. The van der Waals surface area contributed by atoms with Crippen LogP contribution >= 0.6 is 34.8 Å². The summed E-state index contributed by atoms with van der Waals surface area (Å²) in [6, 6.07) is 15.3. The van der Waals surface area contributed by atoms with Gasteiger partial charge in [0, 0.05) is 18.1 Å². The molecule has 0 fully saturated rings. The fraction of sp³-hybridized carbons (Fsp3) is 0.310. The second-order valence-electron chi connectivity index (χ2n) is 9.45. The molecule has 40 heavy (non-hydrogen) atoms. The van der Waals surface area contributed by atoms with Gasteiger partial charge in [-0.25, -0.2) is 8.42 Å². The third kappa shape index (κ3) is 7.49. The van der Waals surface area contributed by atoms with Crippen LogP contribution in [0.5, 0.6) is 0 Å². The molecule has 3 rings (SSSR count). The van der Waals surface area contributed by atoms with Crippen LogP contribution in [0.3, 0.4) is 0 Å². The van der Waals surface area contributed by atoms with E-state index in [0.29, 0.717) is 32.7 Å². The number of sulfonamides is 1. The van der Waals surface area contributed by atoms with Crippen molar-refractivity contribution in [2.24, 2.45) is 0 Å². The Balaban J connectivity index is 2.07. The molecular weight excluding hydrogens is 593 g/mol. The number of nitrogens with one attached hydrogen (secondary N) is 1. The van der Waals surface area contributed by atoms with E-state index in [1.54, 1.807) is 62.4 Å². The summed E-state index contributed by atoms with van der Waals surface area (Å²) in [6.07, 6.45) is 0.718. The van der Waals surface area contributed by atoms with Gasteiger partial charge in [0.25, 0.3) is 10.0 Å². The van der Waals surface area contributed by atoms with Gasteiger partial charge >= 0.3 is 0 Å². The van der Waals surface area contributed by atoms with Gasteiger partial charge in [0.05, 0.1) is 20.6 Å². The van der Waals surface area contributed by atoms with E-state index in [0.717, 1.165) is 16.3 Å². The van der Waals surface area contributed by atoms with E-state index in [1.165, 1.54) is 17.0 Å². The van der Waals surface area contributed by atoms with Gasteiger partial charge in [-0.3, -0.25) is 13.9 Å². The molecule has 0 bridgehead atoms. The predicted molar refractivity (Wildman–Crippen MR) is 162 cm³/mol. The number of anilines is 1. The number of aryl methyl sites for hydroxylation is 1. The Morgan fingerprint density at radius 2 is 1.60 bits per heavy atom. The number of rotatable bonds is 11. The van der Waals surface area contributed by atoms with Crippen LogP contribution < -0.4 is 9.62 Å². The van der Waals surface area contributed by atoms with Gasteiger partial charge in [0.15, 0.2) is 0 Å². The van der Waals surface area contributed by atoms with Gasteiger partial charge < -0.3 is 10.2 Å². The first kappa shape index (κ1) is 31.7. The minimum atomic E-state index is -4.20. The van der Waals surface area contributed by atoms with Crippen LogP contribution in [-0.4, -0.2) is 44.3 Å². The van der Waals surface area contributed by atoms with Gasteiger partial charge in [0.2, 0.25) is 11.8 Å². The number of carbonyl (C=O) groups is 2. The summed E-state index contributed by atoms with van der Waals surface area (Å²) in [5.74, 6) is -0.942. The van der Waals surface area contributed by atoms with Crippen molar-refractivity contribution in [3.63, 3.8) is 0 Å². The fourth-order valence-corrected chi connectivity index (χ4v) is 5.99. The Morgan fingerprint density at radius 1 is 0.925 bits per heavy atom.